The van der Waals surface area contributed by atoms with Gasteiger partial charge in [0.2, 0.25) is 0 Å². The second-order valence-electron chi connectivity index (χ2n) is 4.51. The number of ether oxygens (including phenoxy) is 1. The first kappa shape index (κ1) is 15.5. The molecule has 0 heterocycles. The molecule has 0 aromatic heterocycles. The molecule has 0 atom stereocenters. The molecule has 2 aromatic rings. The monoisotopic (exact) mass is 315 g/mol. The number of halogens is 4. The van der Waals surface area contributed by atoms with Crippen LogP contribution in [0.2, 0.25) is 5.02 Å². The van der Waals surface area contributed by atoms with Crippen LogP contribution >= 0.6 is 11.6 Å². The highest BCUT2D eigenvalue weighted by atomic mass is 35.5. The van der Waals surface area contributed by atoms with Gasteiger partial charge in [-0.3, -0.25) is 0 Å². The topological polar surface area (TPSA) is 21.3 Å². The Balaban J connectivity index is 2.24. The van der Waals surface area contributed by atoms with Crippen molar-refractivity contribution in [3.63, 3.8) is 0 Å². The van der Waals surface area contributed by atoms with E-state index in [4.69, 9.17) is 16.3 Å². The lowest BCUT2D eigenvalue weighted by Gasteiger charge is -2.13. The molecule has 0 fully saturated rings. The smallest absolute Gasteiger partial charge is 0.161 e. The molecule has 0 aliphatic rings. The van der Waals surface area contributed by atoms with E-state index in [1.54, 1.807) is 12.1 Å². The fourth-order valence-electron chi connectivity index (χ4n) is 1.86. The van der Waals surface area contributed by atoms with E-state index in [1.165, 1.54) is 7.11 Å². The van der Waals surface area contributed by atoms with Crippen molar-refractivity contribution < 1.29 is 17.9 Å². The zero-order chi connectivity index (χ0) is 15.6. The molecule has 0 aliphatic heterocycles. The van der Waals surface area contributed by atoms with Gasteiger partial charge >= 0.3 is 0 Å². The fourth-order valence-corrected chi connectivity index (χ4v) is 2.01. The average molecular weight is 316 g/mol. The standard InChI is InChI=1S/C15H13ClF3NO/c1-8-3-14(15(21-2)5-10(8)16)20-7-9-4-12(18)13(19)6-11(9)17/h3-6,20H,7H2,1-2H3. The highest BCUT2D eigenvalue weighted by molar-refractivity contribution is 6.31. The molecule has 0 bridgehead atoms. The maximum atomic E-state index is 13.6. The van der Waals surface area contributed by atoms with Gasteiger partial charge in [0.15, 0.2) is 11.6 Å². The zero-order valence-corrected chi connectivity index (χ0v) is 12.2. The second-order valence-corrected chi connectivity index (χ2v) is 4.92. The lowest BCUT2D eigenvalue weighted by atomic mass is 10.1. The number of benzene rings is 2. The van der Waals surface area contributed by atoms with E-state index in [0.717, 1.165) is 11.6 Å². The van der Waals surface area contributed by atoms with Crippen molar-refractivity contribution >= 4 is 17.3 Å². The third-order valence-corrected chi connectivity index (χ3v) is 3.45. The highest BCUT2D eigenvalue weighted by Crippen LogP contribution is 2.31. The molecule has 0 unspecified atom stereocenters. The molecule has 2 rings (SSSR count). The Hall–Kier alpha value is -1.88. The molecule has 6 heteroatoms. The average Bonchev–Trinajstić information content (AvgIpc) is 2.44. The molecule has 0 spiro atoms. The number of hydrogen-bond acceptors (Lipinski definition) is 2. The van der Waals surface area contributed by atoms with Crippen molar-refractivity contribution in [2.75, 3.05) is 12.4 Å². The van der Waals surface area contributed by atoms with Crippen LogP contribution in [-0.4, -0.2) is 7.11 Å². The third-order valence-electron chi connectivity index (χ3n) is 3.04. The van der Waals surface area contributed by atoms with Crippen molar-refractivity contribution in [2.24, 2.45) is 0 Å². The summed E-state index contributed by atoms with van der Waals surface area (Å²) in [6.45, 7) is 1.80. The largest absolute Gasteiger partial charge is 0.495 e. The summed E-state index contributed by atoms with van der Waals surface area (Å²) in [7, 11) is 1.48. The summed E-state index contributed by atoms with van der Waals surface area (Å²) < 4.78 is 44.7. The fraction of sp³-hybridized carbons (Fsp3) is 0.200. The minimum atomic E-state index is -1.21. The van der Waals surface area contributed by atoms with Crippen LogP contribution in [0.15, 0.2) is 24.3 Å². The molecule has 112 valence electrons. The van der Waals surface area contributed by atoms with Gasteiger partial charge in [0, 0.05) is 29.3 Å². The van der Waals surface area contributed by atoms with Crippen LogP contribution in [0.1, 0.15) is 11.1 Å². The van der Waals surface area contributed by atoms with Gasteiger partial charge in [0.1, 0.15) is 11.6 Å². The molecule has 0 saturated carbocycles. The van der Waals surface area contributed by atoms with Gasteiger partial charge in [-0.05, 0) is 24.6 Å². The third kappa shape index (κ3) is 3.42. The molecule has 0 radical (unpaired) electrons. The van der Waals surface area contributed by atoms with Crippen molar-refractivity contribution in [3.8, 4) is 5.75 Å². The zero-order valence-electron chi connectivity index (χ0n) is 11.4. The van der Waals surface area contributed by atoms with E-state index in [9.17, 15) is 13.2 Å². The maximum absolute atomic E-state index is 13.6. The van der Waals surface area contributed by atoms with Crippen LogP contribution in [0.4, 0.5) is 18.9 Å². The number of rotatable bonds is 4. The summed E-state index contributed by atoms with van der Waals surface area (Å²) in [6, 6.07) is 4.71. The van der Waals surface area contributed by atoms with E-state index in [-0.39, 0.29) is 12.1 Å². The summed E-state index contributed by atoms with van der Waals surface area (Å²) in [5.74, 6) is -2.64. The Kier molecular flexibility index (Phi) is 4.63. The molecule has 0 aliphatic carbocycles. The van der Waals surface area contributed by atoms with E-state index in [1.807, 2.05) is 6.92 Å². The van der Waals surface area contributed by atoms with Crippen molar-refractivity contribution in [1.29, 1.82) is 0 Å². The van der Waals surface area contributed by atoms with E-state index in [2.05, 4.69) is 5.32 Å². The Morgan fingerprint density at radius 3 is 2.38 bits per heavy atom. The van der Waals surface area contributed by atoms with Gasteiger partial charge in [-0.1, -0.05) is 11.6 Å². The normalized spacial score (nSPS) is 10.6. The lowest BCUT2D eigenvalue weighted by Crippen LogP contribution is -2.05. The number of methoxy groups -OCH3 is 1. The molecule has 1 N–H and O–H groups in total. The van der Waals surface area contributed by atoms with Crippen LogP contribution in [0.3, 0.4) is 0 Å². The SMILES string of the molecule is COc1cc(Cl)c(C)cc1NCc1cc(F)c(F)cc1F. The van der Waals surface area contributed by atoms with E-state index in [0.29, 0.717) is 22.5 Å². The quantitative estimate of drug-likeness (QED) is 0.827. The van der Waals surface area contributed by atoms with E-state index >= 15 is 0 Å². The first-order valence-corrected chi connectivity index (χ1v) is 6.51. The Bertz CT molecular complexity index is 676. The number of nitrogens with one attached hydrogen (secondary N) is 1. The number of hydrogen-bond donors (Lipinski definition) is 1. The molecular formula is C15H13ClF3NO. The maximum Gasteiger partial charge on any atom is 0.161 e. The summed E-state index contributed by atoms with van der Waals surface area (Å²) >= 11 is 5.99. The first-order valence-electron chi connectivity index (χ1n) is 6.13. The first-order chi connectivity index (χ1) is 9.92. The van der Waals surface area contributed by atoms with Crippen LogP contribution in [0.25, 0.3) is 0 Å². The number of anilines is 1. The van der Waals surface area contributed by atoms with Crippen LogP contribution in [0, 0.1) is 24.4 Å². The summed E-state index contributed by atoms with van der Waals surface area (Å²) in [4.78, 5) is 0. The molecule has 2 nitrogen and oxygen atoms in total. The van der Waals surface area contributed by atoms with Crippen molar-refractivity contribution in [3.05, 3.63) is 57.9 Å². The second kappa shape index (κ2) is 6.26. The Morgan fingerprint density at radius 2 is 1.71 bits per heavy atom. The van der Waals surface area contributed by atoms with Gasteiger partial charge in [-0.15, -0.1) is 0 Å². The predicted octanol–water partition coefficient (Wildman–Crippen LogP) is 4.69. The van der Waals surface area contributed by atoms with Gasteiger partial charge < -0.3 is 10.1 Å². The summed E-state index contributed by atoms with van der Waals surface area (Å²) in [6.07, 6.45) is 0. The predicted molar refractivity (Wildman–Crippen MR) is 76.4 cm³/mol. The minimum Gasteiger partial charge on any atom is -0.495 e. The summed E-state index contributed by atoms with van der Waals surface area (Å²) in [5.41, 5.74) is 1.41. The Labute approximate surface area is 125 Å². The van der Waals surface area contributed by atoms with Crippen LogP contribution in [0.5, 0.6) is 5.75 Å². The Morgan fingerprint density at radius 1 is 1.05 bits per heavy atom. The van der Waals surface area contributed by atoms with Gasteiger partial charge in [0.25, 0.3) is 0 Å². The van der Waals surface area contributed by atoms with Crippen LogP contribution in [-0.2, 0) is 6.54 Å². The molecule has 0 amide bonds. The lowest BCUT2D eigenvalue weighted by molar-refractivity contribution is 0.416. The van der Waals surface area contributed by atoms with Crippen molar-refractivity contribution in [1.82, 2.24) is 0 Å². The van der Waals surface area contributed by atoms with Gasteiger partial charge in [-0.2, -0.15) is 0 Å². The molecule has 21 heavy (non-hydrogen) atoms. The number of aryl methyl sites for hydroxylation is 1. The van der Waals surface area contributed by atoms with Crippen molar-refractivity contribution in [2.45, 2.75) is 13.5 Å². The minimum absolute atomic E-state index is 0.0134. The van der Waals surface area contributed by atoms with Crippen LogP contribution < -0.4 is 10.1 Å². The van der Waals surface area contributed by atoms with Gasteiger partial charge in [-0.25, -0.2) is 13.2 Å². The highest BCUT2D eigenvalue weighted by Gasteiger charge is 2.11. The molecular weight excluding hydrogens is 303 g/mol. The molecule has 0 saturated heterocycles. The van der Waals surface area contributed by atoms with Gasteiger partial charge in [0.05, 0.1) is 12.8 Å². The van der Waals surface area contributed by atoms with E-state index < -0.39 is 17.5 Å². The summed E-state index contributed by atoms with van der Waals surface area (Å²) in [5, 5.41) is 3.46. The molecule has 2 aromatic carbocycles.